The lowest BCUT2D eigenvalue weighted by molar-refractivity contribution is -0.112. The Labute approximate surface area is 128 Å². The molecule has 0 saturated carbocycles. The maximum Gasteiger partial charge on any atom is 0.351 e. The molecule has 0 unspecified atom stereocenters. The minimum Gasteiger partial charge on any atom is -0.369 e. The molecular weight excluding hydrogens is 329 g/mol. The standard InChI is InChI=1S/C11H14N5O6P/c12-11-14-9-8(10(17)15-11)13-4-16(9)6-1-2-7(21-3-6)22-5-23(18,19)20/h1-2,4,6-7H,3,5H2,(H2,18,19,20)(H3,12,14,15,17)/t6-,7+/m1/s1. The van der Waals surface area contributed by atoms with Gasteiger partial charge < -0.3 is 29.6 Å². The molecule has 0 amide bonds. The molecule has 0 saturated heterocycles. The highest BCUT2D eigenvalue weighted by Crippen LogP contribution is 2.35. The van der Waals surface area contributed by atoms with E-state index in [4.69, 9.17) is 25.0 Å². The number of hydrogen-bond donors (Lipinski definition) is 4. The van der Waals surface area contributed by atoms with Crippen molar-refractivity contribution in [3.8, 4) is 0 Å². The van der Waals surface area contributed by atoms with Gasteiger partial charge in [-0.1, -0.05) is 6.08 Å². The monoisotopic (exact) mass is 343 g/mol. The zero-order valence-electron chi connectivity index (χ0n) is 11.7. The molecule has 5 N–H and O–H groups in total. The molecule has 0 bridgehead atoms. The van der Waals surface area contributed by atoms with E-state index in [0.29, 0.717) is 5.65 Å². The van der Waals surface area contributed by atoms with Crippen molar-refractivity contribution in [2.75, 3.05) is 18.7 Å². The number of fused-ring (bicyclic) bond motifs is 1. The molecule has 2 aromatic heterocycles. The molecule has 2 aromatic rings. The van der Waals surface area contributed by atoms with Crippen LogP contribution in [-0.2, 0) is 14.0 Å². The number of nitrogens with two attached hydrogens (primary N) is 1. The van der Waals surface area contributed by atoms with Gasteiger partial charge in [0.05, 0.1) is 19.0 Å². The summed E-state index contributed by atoms with van der Waals surface area (Å²) in [4.78, 5) is 39.7. The van der Waals surface area contributed by atoms with Crippen molar-refractivity contribution in [1.82, 2.24) is 19.5 Å². The van der Waals surface area contributed by atoms with E-state index in [2.05, 4.69) is 15.0 Å². The summed E-state index contributed by atoms with van der Waals surface area (Å²) in [7, 11) is -4.25. The van der Waals surface area contributed by atoms with Crippen molar-refractivity contribution in [1.29, 1.82) is 0 Å². The zero-order valence-corrected chi connectivity index (χ0v) is 12.6. The van der Waals surface area contributed by atoms with Crippen molar-refractivity contribution < 1.29 is 23.8 Å². The van der Waals surface area contributed by atoms with Gasteiger partial charge in [0.25, 0.3) is 5.56 Å². The molecular formula is C11H14N5O6P. The van der Waals surface area contributed by atoms with Crippen LogP contribution in [0.5, 0.6) is 0 Å². The normalized spacial score (nSPS) is 21.8. The number of rotatable bonds is 4. The summed E-state index contributed by atoms with van der Waals surface area (Å²) in [5, 5.41) is 0. The van der Waals surface area contributed by atoms with E-state index in [1.54, 1.807) is 10.6 Å². The van der Waals surface area contributed by atoms with E-state index in [0.717, 1.165) is 0 Å². The van der Waals surface area contributed by atoms with Crippen molar-refractivity contribution >= 4 is 24.7 Å². The number of nitrogens with one attached hydrogen (secondary N) is 1. The molecule has 3 rings (SSSR count). The van der Waals surface area contributed by atoms with E-state index in [-0.39, 0.29) is 24.1 Å². The number of nitrogens with zero attached hydrogens (tertiary/aromatic N) is 3. The smallest absolute Gasteiger partial charge is 0.351 e. The maximum atomic E-state index is 11.7. The summed E-state index contributed by atoms with van der Waals surface area (Å²) in [6, 6.07) is -0.302. The highest BCUT2D eigenvalue weighted by Gasteiger charge is 2.23. The summed E-state index contributed by atoms with van der Waals surface area (Å²) in [6.07, 6.45) is 3.10. The number of H-pyrrole nitrogens is 1. The molecule has 124 valence electrons. The highest BCUT2D eigenvalue weighted by molar-refractivity contribution is 7.51. The van der Waals surface area contributed by atoms with Crippen molar-refractivity contribution in [3.05, 3.63) is 28.8 Å². The molecule has 1 aliphatic rings. The minimum absolute atomic E-state index is 0.0205. The Morgan fingerprint density at radius 2 is 2.30 bits per heavy atom. The number of nitrogen functional groups attached to an aromatic ring is 1. The van der Waals surface area contributed by atoms with Crippen LogP contribution in [0.2, 0.25) is 0 Å². The third-order valence-electron chi connectivity index (χ3n) is 3.14. The molecule has 0 aromatic carbocycles. The molecule has 12 heteroatoms. The van der Waals surface area contributed by atoms with E-state index < -0.39 is 25.8 Å². The summed E-state index contributed by atoms with van der Waals surface area (Å²) in [6.45, 7) is 0.155. The molecule has 3 heterocycles. The molecule has 0 spiro atoms. The summed E-state index contributed by atoms with van der Waals surface area (Å²) < 4.78 is 22.7. The third-order valence-corrected chi connectivity index (χ3v) is 3.62. The first-order valence-corrected chi connectivity index (χ1v) is 8.32. The highest BCUT2D eigenvalue weighted by atomic mass is 31.2. The maximum absolute atomic E-state index is 11.7. The predicted octanol–water partition coefficient (Wildman–Crippen LogP) is -0.693. The van der Waals surface area contributed by atoms with Crippen LogP contribution in [-0.4, -0.2) is 48.6 Å². The van der Waals surface area contributed by atoms with Gasteiger partial charge in [-0.15, -0.1) is 0 Å². The van der Waals surface area contributed by atoms with E-state index in [1.165, 1.54) is 12.4 Å². The van der Waals surface area contributed by atoms with Crippen LogP contribution in [0.3, 0.4) is 0 Å². The molecule has 0 aliphatic carbocycles. The Morgan fingerprint density at radius 1 is 1.52 bits per heavy atom. The fraction of sp³-hybridized carbons (Fsp3) is 0.364. The number of aromatic nitrogens is 4. The second-order valence-electron chi connectivity index (χ2n) is 4.89. The SMILES string of the molecule is Nc1nc2c(ncn2[C@@H]2C=C[C@H](OCP(=O)(O)O)OC2)c(=O)[nH]1. The van der Waals surface area contributed by atoms with Gasteiger partial charge in [0.2, 0.25) is 5.95 Å². The third kappa shape index (κ3) is 3.49. The van der Waals surface area contributed by atoms with Gasteiger partial charge in [-0.2, -0.15) is 4.98 Å². The Balaban J connectivity index is 1.80. The van der Waals surface area contributed by atoms with Gasteiger partial charge in [0, 0.05) is 0 Å². The largest absolute Gasteiger partial charge is 0.369 e. The van der Waals surface area contributed by atoms with Crippen molar-refractivity contribution in [3.63, 3.8) is 0 Å². The lowest BCUT2D eigenvalue weighted by Crippen LogP contribution is -2.26. The van der Waals surface area contributed by atoms with Crippen LogP contribution in [0.1, 0.15) is 6.04 Å². The minimum atomic E-state index is -4.25. The lowest BCUT2D eigenvalue weighted by atomic mass is 10.2. The van der Waals surface area contributed by atoms with Crippen LogP contribution in [0.25, 0.3) is 11.2 Å². The van der Waals surface area contributed by atoms with Crippen molar-refractivity contribution in [2.24, 2.45) is 0 Å². The summed E-state index contributed by atoms with van der Waals surface area (Å²) in [5.41, 5.74) is 5.58. The number of ether oxygens (including phenoxy) is 2. The van der Waals surface area contributed by atoms with Gasteiger partial charge in [0.15, 0.2) is 23.8 Å². The van der Waals surface area contributed by atoms with Crippen LogP contribution in [0.15, 0.2) is 23.3 Å². The fourth-order valence-electron chi connectivity index (χ4n) is 2.16. The Hall–Kier alpha value is -2.04. The van der Waals surface area contributed by atoms with E-state index in [9.17, 15) is 9.36 Å². The van der Waals surface area contributed by atoms with Crippen LogP contribution in [0, 0.1) is 0 Å². The van der Waals surface area contributed by atoms with Gasteiger partial charge in [-0.05, 0) is 6.08 Å². The average molecular weight is 343 g/mol. The second-order valence-corrected chi connectivity index (χ2v) is 6.48. The van der Waals surface area contributed by atoms with Crippen LogP contribution < -0.4 is 11.3 Å². The average Bonchev–Trinajstić information content (AvgIpc) is 2.89. The Kier molecular flexibility index (Phi) is 4.04. The molecule has 0 radical (unpaired) electrons. The topological polar surface area (TPSA) is 166 Å². The molecule has 0 fully saturated rings. The van der Waals surface area contributed by atoms with Crippen molar-refractivity contribution in [2.45, 2.75) is 12.3 Å². The van der Waals surface area contributed by atoms with Gasteiger partial charge in [-0.3, -0.25) is 14.3 Å². The Morgan fingerprint density at radius 3 is 2.96 bits per heavy atom. The number of imidazole rings is 1. The van der Waals surface area contributed by atoms with Crippen LogP contribution in [0.4, 0.5) is 5.95 Å². The zero-order chi connectivity index (χ0) is 16.6. The number of hydrogen-bond acceptors (Lipinski definition) is 7. The van der Waals surface area contributed by atoms with Crippen LogP contribution >= 0.6 is 7.60 Å². The number of anilines is 1. The van der Waals surface area contributed by atoms with E-state index in [1.807, 2.05) is 0 Å². The Bertz CT molecular complexity index is 854. The number of aromatic amines is 1. The first kappa shape index (κ1) is 15.8. The molecule has 23 heavy (non-hydrogen) atoms. The summed E-state index contributed by atoms with van der Waals surface area (Å²) >= 11 is 0. The first-order valence-electron chi connectivity index (χ1n) is 6.52. The predicted molar refractivity (Wildman–Crippen MR) is 78.5 cm³/mol. The molecule has 2 atom stereocenters. The quantitative estimate of drug-likeness (QED) is 0.415. The lowest BCUT2D eigenvalue weighted by Gasteiger charge is -2.24. The summed E-state index contributed by atoms with van der Waals surface area (Å²) in [5.74, 6) is -0.0205. The van der Waals surface area contributed by atoms with Gasteiger partial charge in [-0.25, -0.2) is 4.98 Å². The molecule has 11 nitrogen and oxygen atoms in total. The van der Waals surface area contributed by atoms with E-state index >= 15 is 0 Å². The van der Waals surface area contributed by atoms with Gasteiger partial charge >= 0.3 is 7.60 Å². The van der Waals surface area contributed by atoms with Gasteiger partial charge in [0.1, 0.15) is 0 Å². The second kappa shape index (κ2) is 5.87. The first-order chi connectivity index (χ1) is 10.8. The molecule has 1 aliphatic heterocycles. The fourth-order valence-corrected chi connectivity index (χ4v) is 2.50.